The van der Waals surface area contributed by atoms with Crippen molar-refractivity contribution in [1.82, 2.24) is 0 Å². The molecule has 1 atom stereocenters. The van der Waals surface area contributed by atoms with E-state index in [1.54, 1.807) is 0 Å². The van der Waals surface area contributed by atoms with Gasteiger partial charge in [0.1, 0.15) is 0 Å². The van der Waals surface area contributed by atoms with E-state index in [1.165, 1.54) is 0 Å². The maximum Gasteiger partial charge on any atom is 1.00 e. The monoisotopic (exact) mass is 162 g/mol. The molecule has 0 fully saturated rings. The van der Waals surface area contributed by atoms with E-state index in [1.807, 2.05) is 0 Å². The van der Waals surface area contributed by atoms with Crippen LogP contribution in [0.25, 0.3) is 0 Å². The molecule has 0 aromatic heterocycles. The summed E-state index contributed by atoms with van der Waals surface area (Å²) in [6.45, 7) is 0. The van der Waals surface area contributed by atoms with Crippen molar-refractivity contribution >= 4 is 7.91 Å². The van der Waals surface area contributed by atoms with Gasteiger partial charge in [-0.3, -0.25) is 4.57 Å². The normalized spacial score (nSPS) is 13.4. The molecule has 8 heavy (non-hydrogen) atoms. The minimum Gasteiger partial charge on any atom is -0.870 e. The Morgan fingerprint density at radius 2 is 1.50 bits per heavy atom. The molecular formula is H2FNa2O4P. The third-order valence-electron chi connectivity index (χ3n) is 0. The number of halogens is 1. The van der Waals surface area contributed by atoms with Crippen LogP contribution in [0.2, 0.25) is 0 Å². The largest absolute Gasteiger partial charge is 1.00 e. The summed E-state index contributed by atoms with van der Waals surface area (Å²) in [6.07, 6.45) is 0. The maximum absolute atomic E-state index is 10.2. The van der Waals surface area contributed by atoms with Crippen LogP contribution in [-0.2, 0) is 4.57 Å². The third-order valence-corrected chi connectivity index (χ3v) is 0. The third kappa shape index (κ3) is 95.8. The molecule has 8 heteroatoms. The second-order valence-corrected chi connectivity index (χ2v) is 1.35. The van der Waals surface area contributed by atoms with Crippen LogP contribution in [0.4, 0.5) is 4.20 Å². The SMILES string of the molecule is O=P([O-])(O)F.[Na+].[Na+].[OH-]. The molecule has 0 aliphatic heterocycles. The van der Waals surface area contributed by atoms with Gasteiger partial charge in [0.15, 0.2) is 0 Å². The molecule has 0 aliphatic rings. The summed E-state index contributed by atoms with van der Waals surface area (Å²) in [5.41, 5.74) is 0. The first-order valence-electron chi connectivity index (χ1n) is 0.734. The zero-order chi connectivity index (χ0) is 4.50. The first-order chi connectivity index (χ1) is 2.00. The molecule has 0 spiro atoms. The fourth-order valence-electron chi connectivity index (χ4n) is 0. The molecule has 0 aromatic carbocycles. The maximum atomic E-state index is 10.2. The second kappa shape index (κ2) is 9.04. The number of rotatable bonds is 0. The van der Waals surface area contributed by atoms with E-state index in [4.69, 9.17) is 14.4 Å². The molecule has 0 aliphatic carbocycles. The summed E-state index contributed by atoms with van der Waals surface area (Å²) in [5.74, 6) is 0. The average Bonchev–Trinajstić information content (AvgIpc) is 0.722. The van der Waals surface area contributed by atoms with E-state index < -0.39 is 7.91 Å². The van der Waals surface area contributed by atoms with E-state index >= 15 is 0 Å². The molecule has 2 N–H and O–H groups in total. The fourth-order valence-corrected chi connectivity index (χ4v) is 0. The van der Waals surface area contributed by atoms with Crippen LogP contribution in [0.1, 0.15) is 0 Å². The minimum atomic E-state index is -5.39. The van der Waals surface area contributed by atoms with Gasteiger partial charge in [-0.2, -0.15) is 4.20 Å². The minimum absolute atomic E-state index is 0. The Kier molecular flexibility index (Phi) is 25.4. The Bertz CT molecular complexity index is 60.2. The van der Waals surface area contributed by atoms with Gasteiger partial charge in [0.2, 0.25) is 0 Å². The molecule has 4 nitrogen and oxygen atoms in total. The Balaban J connectivity index is -0.0000000267. The van der Waals surface area contributed by atoms with Crippen molar-refractivity contribution in [2.75, 3.05) is 0 Å². The van der Waals surface area contributed by atoms with Crippen LogP contribution in [0.3, 0.4) is 0 Å². The summed E-state index contributed by atoms with van der Waals surface area (Å²) in [7, 11) is -5.39. The summed E-state index contributed by atoms with van der Waals surface area (Å²) in [4.78, 5) is 15.4. The van der Waals surface area contributed by atoms with Crippen molar-refractivity contribution in [2.45, 2.75) is 0 Å². The fraction of sp³-hybridized carbons (Fsp3) is 0. The first-order valence-corrected chi connectivity index (χ1v) is 2.20. The molecule has 0 saturated carbocycles. The predicted octanol–water partition coefficient (Wildman–Crippen LogP) is -6.75. The summed E-state index contributed by atoms with van der Waals surface area (Å²) >= 11 is 0. The molecule has 0 aromatic rings. The van der Waals surface area contributed by atoms with Crippen LogP contribution in [0, 0.1) is 0 Å². The van der Waals surface area contributed by atoms with Crippen LogP contribution in [0.15, 0.2) is 0 Å². The molecule has 0 bridgehead atoms. The van der Waals surface area contributed by atoms with Crippen LogP contribution in [-0.4, -0.2) is 10.4 Å². The van der Waals surface area contributed by atoms with E-state index in [9.17, 15) is 4.20 Å². The first kappa shape index (κ1) is 22.5. The molecule has 40 valence electrons. The Hall–Kier alpha value is 2.04. The number of hydrogen-bond acceptors (Lipinski definition) is 3. The molecule has 0 saturated heterocycles. The molecule has 1 unspecified atom stereocenters. The average molecular weight is 162 g/mol. The Morgan fingerprint density at radius 1 is 1.50 bits per heavy atom. The van der Waals surface area contributed by atoms with Crippen molar-refractivity contribution in [3.05, 3.63) is 0 Å². The van der Waals surface area contributed by atoms with Crippen LogP contribution < -0.4 is 64.0 Å². The van der Waals surface area contributed by atoms with Crippen molar-refractivity contribution in [2.24, 2.45) is 0 Å². The van der Waals surface area contributed by atoms with Crippen LogP contribution in [0.5, 0.6) is 0 Å². The van der Waals surface area contributed by atoms with Gasteiger partial charge in [-0.25, -0.2) is 0 Å². The van der Waals surface area contributed by atoms with E-state index in [0.29, 0.717) is 0 Å². The van der Waals surface area contributed by atoms with Gasteiger partial charge >= 0.3 is 67.0 Å². The zero-order valence-corrected chi connectivity index (χ0v) is 9.43. The van der Waals surface area contributed by atoms with Crippen molar-refractivity contribution < 1.29 is 83.1 Å². The Labute approximate surface area is 90.0 Å². The van der Waals surface area contributed by atoms with Gasteiger partial charge in [-0.05, 0) is 0 Å². The van der Waals surface area contributed by atoms with E-state index in [2.05, 4.69) is 0 Å². The Morgan fingerprint density at radius 3 is 1.50 bits per heavy atom. The van der Waals surface area contributed by atoms with E-state index in [0.717, 1.165) is 0 Å². The van der Waals surface area contributed by atoms with E-state index in [-0.39, 0.29) is 64.6 Å². The standard InChI is InChI=1S/FH2O3P.2Na.H2O/c1-5(2,3)4;;;/h(H2,2,3,4);;;1H2/q;2*+1;/p-2. The predicted molar refractivity (Wildman–Crippen MR) is 12.9 cm³/mol. The summed E-state index contributed by atoms with van der Waals surface area (Å²) in [6, 6.07) is 0. The molecule has 0 rings (SSSR count). The molecule has 0 amide bonds. The van der Waals surface area contributed by atoms with Gasteiger partial charge in [-0.15, -0.1) is 0 Å². The van der Waals surface area contributed by atoms with Gasteiger partial charge in [0, 0.05) is 0 Å². The van der Waals surface area contributed by atoms with Crippen molar-refractivity contribution in [3.63, 3.8) is 0 Å². The smallest absolute Gasteiger partial charge is 0.870 e. The quantitative estimate of drug-likeness (QED) is 0.283. The van der Waals surface area contributed by atoms with Gasteiger partial charge in [-0.1, -0.05) is 0 Å². The van der Waals surface area contributed by atoms with Gasteiger partial charge in [0.25, 0.3) is 0 Å². The van der Waals surface area contributed by atoms with Crippen LogP contribution >= 0.6 is 7.91 Å². The van der Waals surface area contributed by atoms with Gasteiger partial charge in [0.05, 0.1) is 0 Å². The molecular weight excluding hydrogens is 160 g/mol. The zero-order valence-electron chi connectivity index (χ0n) is 4.54. The summed E-state index contributed by atoms with van der Waals surface area (Å²) in [5, 5.41) is 0. The van der Waals surface area contributed by atoms with Gasteiger partial charge < -0.3 is 15.3 Å². The number of hydrogen-bond donors (Lipinski definition) is 1. The molecule has 0 heterocycles. The van der Waals surface area contributed by atoms with Crippen molar-refractivity contribution in [3.8, 4) is 0 Å². The second-order valence-electron chi connectivity index (χ2n) is 0.451. The van der Waals surface area contributed by atoms with Crippen molar-refractivity contribution in [1.29, 1.82) is 0 Å². The molecule has 0 radical (unpaired) electrons. The topological polar surface area (TPSA) is 90.4 Å². The summed E-state index contributed by atoms with van der Waals surface area (Å²) < 4.78 is 18.8.